The molecule has 0 saturated carbocycles. The lowest BCUT2D eigenvalue weighted by Gasteiger charge is -2.10. The lowest BCUT2D eigenvalue weighted by atomic mass is 10.0. The molecule has 31 heavy (non-hydrogen) atoms. The molecule has 2 aromatic carbocycles. The van der Waals surface area contributed by atoms with Gasteiger partial charge in [0.25, 0.3) is 0 Å². The van der Waals surface area contributed by atoms with E-state index in [1.54, 1.807) is 43.7 Å². The van der Waals surface area contributed by atoms with Gasteiger partial charge in [0.2, 0.25) is 5.91 Å². The summed E-state index contributed by atoms with van der Waals surface area (Å²) in [4.78, 5) is 16.7. The van der Waals surface area contributed by atoms with Gasteiger partial charge in [0.05, 0.1) is 12.0 Å². The molecule has 0 aliphatic rings. The summed E-state index contributed by atoms with van der Waals surface area (Å²) in [6, 6.07) is 12.8. The molecule has 4 rings (SSSR count). The number of carbonyl (C=O) groups excluding carboxylic acids is 1. The number of rotatable bonds is 5. The summed E-state index contributed by atoms with van der Waals surface area (Å²) >= 11 is 0. The highest BCUT2D eigenvalue weighted by atomic mass is 19.2. The zero-order valence-corrected chi connectivity index (χ0v) is 16.4. The molecule has 1 N–H and O–H groups in total. The molecule has 0 radical (unpaired) electrons. The van der Waals surface area contributed by atoms with E-state index in [0.717, 1.165) is 17.7 Å². The van der Waals surface area contributed by atoms with Crippen LogP contribution >= 0.6 is 0 Å². The van der Waals surface area contributed by atoms with Crippen LogP contribution < -0.4 is 5.32 Å². The molecule has 2 aromatic heterocycles. The van der Waals surface area contributed by atoms with Crippen LogP contribution in [0.3, 0.4) is 0 Å². The van der Waals surface area contributed by atoms with E-state index in [2.05, 4.69) is 15.4 Å². The van der Waals surface area contributed by atoms with Crippen LogP contribution in [0.4, 0.5) is 19.0 Å². The van der Waals surface area contributed by atoms with Crippen LogP contribution in [0.1, 0.15) is 5.56 Å². The second-order valence-electron chi connectivity index (χ2n) is 6.91. The number of benzene rings is 2. The van der Waals surface area contributed by atoms with Gasteiger partial charge in [-0.3, -0.25) is 14.5 Å². The van der Waals surface area contributed by atoms with Gasteiger partial charge in [-0.25, -0.2) is 13.2 Å². The Labute approximate surface area is 176 Å². The van der Waals surface area contributed by atoms with Crippen LogP contribution in [0, 0.1) is 17.5 Å². The van der Waals surface area contributed by atoms with Crippen LogP contribution in [-0.2, 0) is 18.3 Å². The Kier molecular flexibility index (Phi) is 5.53. The normalized spacial score (nSPS) is 10.8. The standard InChI is InChI=1S/C23H17F3N4O/c1-30-23(28-20(31)13-14-2-7-18(25)19(26)12-14)21(15-8-10-27-11-9-15)22(29-30)16-3-5-17(24)6-4-16/h2-12H,13H2,1H3,(H,28,31). The maximum atomic E-state index is 13.5. The van der Waals surface area contributed by atoms with Crippen molar-refractivity contribution in [3.63, 3.8) is 0 Å². The molecular formula is C23H17F3N4O. The number of aryl methyl sites for hydroxylation is 1. The van der Waals surface area contributed by atoms with E-state index in [1.807, 2.05) is 0 Å². The zero-order chi connectivity index (χ0) is 22.0. The average Bonchev–Trinajstić information content (AvgIpc) is 3.08. The molecule has 0 fully saturated rings. The van der Waals surface area contributed by atoms with E-state index in [0.29, 0.717) is 28.2 Å². The van der Waals surface area contributed by atoms with Gasteiger partial charge >= 0.3 is 0 Å². The van der Waals surface area contributed by atoms with Crippen molar-refractivity contribution >= 4 is 11.7 Å². The molecule has 5 nitrogen and oxygen atoms in total. The number of amides is 1. The molecule has 2 heterocycles. The Hall–Kier alpha value is -3.94. The summed E-state index contributed by atoms with van der Waals surface area (Å²) < 4.78 is 41.5. The van der Waals surface area contributed by atoms with Gasteiger partial charge in [0.15, 0.2) is 11.6 Å². The number of aromatic nitrogens is 3. The van der Waals surface area contributed by atoms with Gasteiger partial charge in [-0.2, -0.15) is 5.10 Å². The van der Waals surface area contributed by atoms with Gasteiger partial charge in [-0.1, -0.05) is 6.07 Å². The fourth-order valence-corrected chi connectivity index (χ4v) is 3.28. The highest BCUT2D eigenvalue weighted by molar-refractivity contribution is 5.99. The first kappa shape index (κ1) is 20.3. The van der Waals surface area contributed by atoms with E-state index >= 15 is 0 Å². The number of anilines is 1. The van der Waals surface area contributed by atoms with E-state index in [1.165, 1.54) is 22.9 Å². The molecule has 0 aliphatic heterocycles. The van der Waals surface area contributed by atoms with Crippen molar-refractivity contribution in [2.45, 2.75) is 6.42 Å². The summed E-state index contributed by atoms with van der Waals surface area (Å²) in [6.07, 6.45) is 3.08. The average molecular weight is 422 g/mol. The monoisotopic (exact) mass is 422 g/mol. The minimum absolute atomic E-state index is 0.149. The SMILES string of the molecule is Cn1nc(-c2ccc(F)cc2)c(-c2ccncc2)c1NC(=O)Cc1ccc(F)c(F)c1. The predicted octanol–water partition coefficient (Wildman–Crippen LogP) is 4.75. The summed E-state index contributed by atoms with van der Waals surface area (Å²) in [5.74, 6) is -2.36. The number of hydrogen-bond donors (Lipinski definition) is 1. The first-order chi connectivity index (χ1) is 14.9. The fourth-order valence-electron chi connectivity index (χ4n) is 3.28. The maximum absolute atomic E-state index is 13.5. The third-order valence-electron chi connectivity index (χ3n) is 4.74. The predicted molar refractivity (Wildman–Crippen MR) is 111 cm³/mol. The van der Waals surface area contributed by atoms with Crippen LogP contribution in [0.15, 0.2) is 67.0 Å². The Balaban J connectivity index is 1.72. The van der Waals surface area contributed by atoms with Crippen molar-refractivity contribution in [2.75, 3.05) is 5.32 Å². The van der Waals surface area contributed by atoms with Crippen LogP contribution in [0.2, 0.25) is 0 Å². The van der Waals surface area contributed by atoms with Gasteiger partial charge in [0, 0.05) is 25.0 Å². The molecule has 156 valence electrons. The van der Waals surface area contributed by atoms with Crippen LogP contribution in [0.25, 0.3) is 22.4 Å². The molecule has 0 atom stereocenters. The second kappa shape index (κ2) is 8.43. The molecule has 1 amide bonds. The number of pyridine rings is 1. The molecule has 0 saturated heterocycles. The highest BCUT2D eigenvalue weighted by Gasteiger charge is 2.21. The molecule has 8 heteroatoms. The first-order valence-electron chi connectivity index (χ1n) is 9.39. The summed E-state index contributed by atoms with van der Waals surface area (Å²) in [6.45, 7) is 0. The molecule has 0 bridgehead atoms. The zero-order valence-electron chi connectivity index (χ0n) is 16.4. The van der Waals surface area contributed by atoms with Gasteiger partial charge in [-0.15, -0.1) is 0 Å². The molecule has 0 unspecified atom stereocenters. The van der Waals surface area contributed by atoms with Crippen molar-refractivity contribution in [1.29, 1.82) is 0 Å². The lowest BCUT2D eigenvalue weighted by Crippen LogP contribution is -2.17. The summed E-state index contributed by atoms with van der Waals surface area (Å²) in [5, 5.41) is 7.33. The van der Waals surface area contributed by atoms with Gasteiger partial charge < -0.3 is 5.32 Å². The summed E-state index contributed by atoms with van der Waals surface area (Å²) in [7, 11) is 1.67. The topological polar surface area (TPSA) is 59.8 Å². The lowest BCUT2D eigenvalue weighted by molar-refractivity contribution is -0.115. The van der Waals surface area contributed by atoms with Crippen molar-refractivity contribution in [3.05, 3.63) is 90.0 Å². The van der Waals surface area contributed by atoms with Crippen molar-refractivity contribution in [1.82, 2.24) is 14.8 Å². The Bertz CT molecular complexity index is 1240. The molecule has 0 spiro atoms. The molecule has 0 aliphatic carbocycles. The van der Waals surface area contributed by atoms with Crippen LogP contribution in [-0.4, -0.2) is 20.7 Å². The second-order valence-corrected chi connectivity index (χ2v) is 6.91. The van der Waals surface area contributed by atoms with E-state index < -0.39 is 17.5 Å². The van der Waals surface area contributed by atoms with Crippen molar-refractivity contribution < 1.29 is 18.0 Å². The van der Waals surface area contributed by atoms with E-state index in [9.17, 15) is 18.0 Å². The summed E-state index contributed by atoms with van der Waals surface area (Å²) in [5.41, 5.74) is 2.95. The van der Waals surface area contributed by atoms with Crippen molar-refractivity contribution in [2.24, 2.45) is 7.05 Å². The first-order valence-corrected chi connectivity index (χ1v) is 9.39. The smallest absolute Gasteiger partial charge is 0.229 e. The van der Waals surface area contributed by atoms with E-state index in [-0.39, 0.29) is 12.2 Å². The molecular weight excluding hydrogens is 405 g/mol. The quantitative estimate of drug-likeness (QED) is 0.505. The number of halogens is 3. The third kappa shape index (κ3) is 4.32. The number of hydrogen-bond acceptors (Lipinski definition) is 3. The minimum atomic E-state index is -1.01. The third-order valence-corrected chi connectivity index (χ3v) is 4.74. The Morgan fingerprint density at radius 2 is 1.65 bits per heavy atom. The Morgan fingerprint density at radius 3 is 2.32 bits per heavy atom. The van der Waals surface area contributed by atoms with Crippen LogP contribution in [0.5, 0.6) is 0 Å². The number of nitrogens with zero attached hydrogens (tertiary/aromatic N) is 3. The van der Waals surface area contributed by atoms with E-state index in [4.69, 9.17) is 0 Å². The minimum Gasteiger partial charge on any atom is -0.310 e. The fraction of sp³-hybridized carbons (Fsp3) is 0.0870. The van der Waals surface area contributed by atoms with Gasteiger partial charge in [-0.05, 0) is 59.7 Å². The largest absolute Gasteiger partial charge is 0.310 e. The molecule has 4 aromatic rings. The van der Waals surface area contributed by atoms with Gasteiger partial charge in [0.1, 0.15) is 17.3 Å². The van der Waals surface area contributed by atoms with Crippen molar-refractivity contribution in [3.8, 4) is 22.4 Å². The number of nitrogens with one attached hydrogen (secondary N) is 1. The number of carbonyl (C=O) groups is 1. The Morgan fingerprint density at radius 1 is 0.935 bits per heavy atom. The maximum Gasteiger partial charge on any atom is 0.229 e. The highest BCUT2D eigenvalue weighted by Crippen LogP contribution is 2.37.